The molecule has 1 atom stereocenters. The van der Waals surface area contributed by atoms with E-state index in [1.807, 2.05) is 18.2 Å². The van der Waals surface area contributed by atoms with E-state index in [2.05, 4.69) is 24.8 Å². The average Bonchev–Trinajstić information content (AvgIpc) is 2.72. The van der Waals surface area contributed by atoms with Crippen molar-refractivity contribution in [2.75, 3.05) is 25.1 Å². The lowest BCUT2D eigenvalue weighted by Gasteiger charge is -2.25. The highest BCUT2D eigenvalue weighted by Gasteiger charge is 2.21. The summed E-state index contributed by atoms with van der Waals surface area (Å²) in [6.45, 7) is 6.69. The van der Waals surface area contributed by atoms with Gasteiger partial charge in [-0.05, 0) is 43.2 Å². The standard InChI is InChI=1S/C17H24N2O/c1-13(2)14-5-4-9-19(10-8-14)17-11-16(20-3)7-6-15(17)12-18/h6-7,11,13-14H,4-5,8-10H2,1-3H3. The summed E-state index contributed by atoms with van der Waals surface area (Å²) in [6.07, 6.45) is 3.70. The van der Waals surface area contributed by atoms with Gasteiger partial charge in [0, 0.05) is 19.2 Å². The van der Waals surface area contributed by atoms with Gasteiger partial charge in [0.05, 0.1) is 18.4 Å². The lowest BCUT2D eigenvalue weighted by molar-refractivity contribution is 0.351. The predicted octanol–water partition coefficient (Wildman–Crippen LogP) is 3.83. The molecule has 0 bridgehead atoms. The molecule has 20 heavy (non-hydrogen) atoms. The Morgan fingerprint density at radius 2 is 2.10 bits per heavy atom. The van der Waals surface area contributed by atoms with E-state index in [4.69, 9.17) is 4.74 Å². The molecular formula is C17H24N2O. The van der Waals surface area contributed by atoms with Gasteiger partial charge >= 0.3 is 0 Å². The maximum absolute atomic E-state index is 9.31. The molecule has 0 saturated carbocycles. The molecule has 0 amide bonds. The molecule has 1 aliphatic heterocycles. The molecule has 1 aromatic rings. The molecule has 0 aromatic heterocycles. The summed E-state index contributed by atoms with van der Waals surface area (Å²) in [6, 6.07) is 8.01. The molecular weight excluding hydrogens is 248 g/mol. The van der Waals surface area contributed by atoms with Gasteiger partial charge in [0.2, 0.25) is 0 Å². The minimum absolute atomic E-state index is 0.744. The molecule has 108 valence electrons. The molecule has 3 nitrogen and oxygen atoms in total. The van der Waals surface area contributed by atoms with E-state index in [0.29, 0.717) is 0 Å². The highest BCUT2D eigenvalue weighted by molar-refractivity contribution is 5.62. The topological polar surface area (TPSA) is 36.3 Å². The van der Waals surface area contributed by atoms with Crippen molar-refractivity contribution in [2.45, 2.75) is 33.1 Å². The van der Waals surface area contributed by atoms with Crippen LogP contribution in [0.5, 0.6) is 5.75 Å². The molecule has 1 aliphatic rings. The van der Waals surface area contributed by atoms with E-state index in [0.717, 1.165) is 41.9 Å². The Hall–Kier alpha value is -1.69. The van der Waals surface area contributed by atoms with Crippen molar-refractivity contribution in [3.63, 3.8) is 0 Å². The van der Waals surface area contributed by atoms with E-state index in [-0.39, 0.29) is 0 Å². The van der Waals surface area contributed by atoms with Gasteiger partial charge < -0.3 is 9.64 Å². The average molecular weight is 272 g/mol. The second-order valence-electron chi connectivity index (χ2n) is 5.92. The van der Waals surface area contributed by atoms with Gasteiger partial charge in [0.25, 0.3) is 0 Å². The summed E-state index contributed by atoms with van der Waals surface area (Å²) in [4.78, 5) is 2.35. The summed E-state index contributed by atoms with van der Waals surface area (Å²) in [5, 5.41) is 9.31. The molecule has 0 aliphatic carbocycles. The summed E-state index contributed by atoms with van der Waals surface area (Å²) in [7, 11) is 1.67. The first kappa shape index (κ1) is 14.7. The molecule has 0 spiro atoms. The quantitative estimate of drug-likeness (QED) is 0.839. The lowest BCUT2D eigenvalue weighted by Crippen LogP contribution is -2.25. The minimum Gasteiger partial charge on any atom is -0.497 e. The van der Waals surface area contributed by atoms with Crippen LogP contribution in [0.4, 0.5) is 5.69 Å². The molecule has 0 radical (unpaired) electrons. The van der Waals surface area contributed by atoms with Crippen LogP contribution in [-0.4, -0.2) is 20.2 Å². The highest BCUT2D eigenvalue weighted by atomic mass is 16.5. The first-order valence-electron chi connectivity index (χ1n) is 7.48. The molecule has 1 saturated heterocycles. The van der Waals surface area contributed by atoms with Crippen molar-refractivity contribution in [1.29, 1.82) is 5.26 Å². The number of methoxy groups -OCH3 is 1. The van der Waals surface area contributed by atoms with Crippen molar-refractivity contribution in [3.8, 4) is 11.8 Å². The number of hydrogen-bond donors (Lipinski definition) is 0. The van der Waals surface area contributed by atoms with Gasteiger partial charge in [-0.15, -0.1) is 0 Å². The van der Waals surface area contributed by atoms with Crippen LogP contribution in [0, 0.1) is 23.2 Å². The first-order valence-corrected chi connectivity index (χ1v) is 7.48. The third kappa shape index (κ3) is 3.25. The molecule has 1 heterocycles. The fourth-order valence-corrected chi connectivity index (χ4v) is 3.02. The summed E-state index contributed by atoms with van der Waals surface area (Å²) >= 11 is 0. The fourth-order valence-electron chi connectivity index (χ4n) is 3.02. The molecule has 2 rings (SSSR count). The van der Waals surface area contributed by atoms with Gasteiger partial charge in [-0.25, -0.2) is 0 Å². The molecule has 3 heteroatoms. The van der Waals surface area contributed by atoms with E-state index in [1.54, 1.807) is 7.11 Å². The van der Waals surface area contributed by atoms with E-state index >= 15 is 0 Å². The third-order valence-electron chi connectivity index (χ3n) is 4.38. The number of hydrogen-bond acceptors (Lipinski definition) is 3. The van der Waals surface area contributed by atoms with Crippen LogP contribution in [0.15, 0.2) is 18.2 Å². The van der Waals surface area contributed by atoms with Crippen LogP contribution in [-0.2, 0) is 0 Å². The Balaban J connectivity index is 2.21. The summed E-state index contributed by atoms with van der Waals surface area (Å²) < 4.78 is 5.30. The van der Waals surface area contributed by atoms with Crippen molar-refractivity contribution >= 4 is 5.69 Å². The second kappa shape index (κ2) is 6.65. The van der Waals surface area contributed by atoms with Crippen molar-refractivity contribution < 1.29 is 4.74 Å². The monoisotopic (exact) mass is 272 g/mol. The lowest BCUT2D eigenvalue weighted by atomic mass is 9.89. The summed E-state index contributed by atoms with van der Waals surface area (Å²) in [5.41, 5.74) is 1.77. The largest absolute Gasteiger partial charge is 0.497 e. The van der Waals surface area contributed by atoms with Gasteiger partial charge in [-0.2, -0.15) is 5.26 Å². The smallest absolute Gasteiger partial charge is 0.121 e. The van der Waals surface area contributed by atoms with Crippen LogP contribution in [0.25, 0.3) is 0 Å². The zero-order valence-corrected chi connectivity index (χ0v) is 12.7. The highest BCUT2D eigenvalue weighted by Crippen LogP contribution is 2.31. The number of benzene rings is 1. The fraction of sp³-hybridized carbons (Fsp3) is 0.588. The van der Waals surface area contributed by atoms with Gasteiger partial charge in [0.15, 0.2) is 0 Å². The zero-order chi connectivity index (χ0) is 14.5. The Kier molecular flexibility index (Phi) is 4.89. The van der Waals surface area contributed by atoms with E-state index < -0.39 is 0 Å². The van der Waals surface area contributed by atoms with Crippen molar-refractivity contribution in [1.82, 2.24) is 0 Å². The molecule has 1 fully saturated rings. The minimum atomic E-state index is 0.744. The Labute approximate surface area is 122 Å². The van der Waals surface area contributed by atoms with Crippen LogP contribution in [0.2, 0.25) is 0 Å². The Morgan fingerprint density at radius 1 is 1.30 bits per heavy atom. The summed E-state index contributed by atoms with van der Waals surface area (Å²) in [5.74, 6) is 2.37. The maximum atomic E-state index is 9.31. The van der Waals surface area contributed by atoms with Crippen LogP contribution >= 0.6 is 0 Å². The third-order valence-corrected chi connectivity index (χ3v) is 4.38. The zero-order valence-electron chi connectivity index (χ0n) is 12.7. The number of anilines is 1. The van der Waals surface area contributed by atoms with Crippen LogP contribution in [0.3, 0.4) is 0 Å². The van der Waals surface area contributed by atoms with E-state index in [9.17, 15) is 5.26 Å². The first-order chi connectivity index (χ1) is 9.65. The van der Waals surface area contributed by atoms with Gasteiger partial charge in [-0.1, -0.05) is 13.8 Å². The second-order valence-corrected chi connectivity index (χ2v) is 5.92. The van der Waals surface area contributed by atoms with Gasteiger partial charge in [0.1, 0.15) is 11.8 Å². The van der Waals surface area contributed by atoms with Crippen LogP contribution in [0.1, 0.15) is 38.7 Å². The normalized spacial score (nSPS) is 19.6. The Morgan fingerprint density at radius 3 is 2.75 bits per heavy atom. The number of nitriles is 1. The van der Waals surface area contributed by atoms with Crippen LogP contribution < -0.4 is 9.64 Å². The number of rotatable bonds is 3. The SMILES string of the molecule is COc1ccc(C#N)c(N2CCCC(C(C)C)CC2)c1. The predicted molar refractivity (Wildman–Crippen MR) is 82.1 cm³/mol. The van der Waals surface area contributed by atoms with Crippen molar-refractivity contribution in [2.24, 2.45) is 11.8 Å². The van der Waals surface area contributed by atoms with E-state index in [1.165, 1.54) is 19.3 Å². The maximum Gasteiger partial charge on any atom is 0.121 e. The van der Waals surface area contributed by atoms with Crippen molar-refractivity contribution in [3.05, 3.63) is 23.8 Å². The number of ether oxygens (including phenoxy) is 1. The van der Waals surface area contributed by atoms with Gasteiger partial charge in [-0.3, -0.25) is 0 Å². The number of nitrogens with zero attached hydrogens (tertiary/aromatic N) is 2. The molecule has 1 unspecified atom stereocenters. The molecule has 1 aromatic carbocycles. The molecule has 0 N–H and O–H groups in total. The Bertz CT molecular complexity index is 490.